The number of carbonyl (C=O) groups is 2. The van der Waals surface area contributed by atoms with Crippen LogP contribution in [0.1, 0.15) is 20.3 Å². The third kappa shape index (κ3) is 4.12. The molecule has 6 nitrogen and oxygen atoms in total. The molecular weight excluding hydrogens is 172 g/mol. The highest BCUT2D eigenvalue weighted by Crippen LogP contribution is 2.00. The second-order valence-corrected chi connectivity index (χ2v) is 2.73. The first-order valence-electron chi connectivity index (χ1n) is 3.80. The largest absolute Gasteiger partial charge is 0.286 e. The summed E-state index contributed by atoms with van der Waals surface area (Å²) in [5.41, 5.74) is 8.06. The molecule has 72 valence electrons. The monoisotopic (exact) mass is 184 g/mol. The van der Waals surface area contributed by atoms with Crippen molar-refractivity contribution in [2.45, 2.75) is 26.3 Å². The Morgan fingerprint density at radius 3 is 2.54 bits per heavy atom. The Labute approximate surface area is 76.1 Å². The van der Waals surface area contributed by atoms with Gasteiger partial charge in [-0.05, 0) is 5.53 Å². The van der Waals surface area contributed by atoms with Gasteiger partial charge in [-0.3, -0.25) is 14.5 Å². The molecule has 0 bridgehead atoms. The molecule has 2 amide bonds. The van der Waals surface area contributed by atoms with Crippen molar-refractivity contribution in [2.75, 3.05) is 7.05 Å². The predicted octanol–water partition coefficient (Wildman–Crippen LogP) is 1.08. The summed E-state index contributed by atoms with van der Waals surface area (Å²) in [4.78, 5) is 25.5. The zero-order chi connectivity index (χ0) is 10.4. The van der Waals surface area contributed by atoms with E-state index in [2.05, 4.69) is 10.0 Å². The minimum absolute atomic E-state index is 0.0557. The summed E-state index contributed by atoms with van der Waals surface area (Å²) in [6, 6.07) is -0.417. The minimum Gasteiger partial charge on any atom is -0.286 e. The lowest BCUT2D eigenvalue weighted by Gasteiger charge is -2.13. The van der Waals surface area contributed by atoms with E-state index in [9.17, 15) is 9.59 Å². The molecule has 0 fully saturated rings. The van der Waals surface area contributed by atoms with E-state index in [-0.39, 0.29) is 18.2 Å². The molecule has 0 radical (unpaired) electrons. The molecule has 0 unspecified atom stereocenters. The zero-order valence-electron chi connectivity index (χ0n) is 7.89. The molecule has 0 rings (SSSR count). The predicted molar refractivity (Wildman–Crippen MR) is 46.7 cm³/mol. The molecule has 0 aliphatic carbocycles. The first-order chi connectivity index (χ1) is 5.99. The minimum atomic E-state index is -0.417. The van der Waals surface area contributed by atoms with E-state index < -0.39 is 6.04 Å². The van der Waals surface area contributed by atoms with Gasteiger partial charge in [-0.15, -0.1) is 0 Å². The number of rotatable bonds is 3. The smallest absolute Gasteiger partial charge is 0.229 e. The van der Waals surface area contributed by atoms with Gasteiger partial charge in [0.15, 0.2) is 0 Å². The molecule has 6 heteroatoms. The van der Waals surface area contributed by atoms with Crippen molar-refractivity contribution in [3.05, 3.63) is 10.4 Å². The summed E-state index contributed by atoms with van der Waals surface area (Å²) in [5, 5.41) is 3.33. The molecule has 1 atom stereocenters. The molecule has 0 aromatic heterocycles. The van der Waals surface area contributed by atoms with Crippen molar-refractivity contribution < 1.29 is 9.59 Å². The first-order valence-corrected chi connectivity index (χ1v) is 3.80. The van der Waals surface area contributed by atoms with Crippen molar-refractivity contribution >= 4 is 11.8 Å². The van der Waals surface area contributed by atoms with E-state index in [0.29, 0.717) is 0 Å². The van der Waals surface area contributed by atoms with E-state index >= 15 is 0 Å². The van der Waals surface area contributed by atoms with Crippen LogP contribution in [-0.4, -0.2) is 29.8 Å². The highest BCUT2D eigenvalue weighted by atomic mass is 16.2. The van der Waals surface area contributed by atoms with Crippen molar-refractivity contribution in [3.8, 4) is 0 Å². The maximum atomic E-state index is 11.2. The first kappa shape index (κ1) is 11.4. The van der Waals surface area contributed by atoms with Gasteiger partial charge in [-0.25, -0.2) is 0 Å². The van der Waals surface area contributed by atoms with E-state index in [1.54, 1.807) is 6.92 Å². The normalized spacial score (nSPS) is 11.3. The fourth-order valence-electron chi connectivity index (χ4n) is 0.694. The molecule has 0 aliphatic heterocycles. The summed E-state index contributed by atoms with van der Waals surface area (Å²) in [6.45, 7) is 2.92. The second-order valence-electron chi connectivity index (χ2n) is 2.73. The summed E-state index contributed by atoms with van der Waals surface area (Å²) < 4.78 is 0. The number of carbonyl (C=O) groups excluding carboxylic acids is 2. The van der Waals surface area contributed by atoms with Crippen molar-refractivity contribution in [1.29, 1.82) is 0 Å². The Kier molecular flexibility index (Phi) is 4.54. The standard InChI is InChI=1S/C7H12N4O2/c1-5(9-10-8)4-7(13)11(3)6(2)12/h5H,4H2,1-3H3/t5-/m0/s1. The number of imide groups is 1. The van der Waals surface area contributed by atoms with Crippen molar-refractivity contribution in [2.24, 2.45) is 5.11 Å². The second kappa shape index (κ2) is 5.16. The van der Waals surface area contributed by atoms with Gasteiger partial charge >= 0.3 is 0 Å². The Morgan fingerprint density at radius 1 is 1.62 bits per heavy atom. The molecule has 0 aliphatic rings. The molecule has 0 spiro atoms. The molecule has 13 heavy (non-hydrogen) atoms. The van der Waals surface area contributed by atoms with Crippen LogP contribution >= 0.6 is 0 Å². The van der Waals surface area contributed by atoms with Crippen LogP contribution in [0.4, 0.5) is 0 Å². The maximum absolute atomic E-state index is 11.2. The zero-order valence-corrected chi connectivity index (χ0v) is 7.89. The number of hydrogen-bond acceptors (Lipinski definition) is 3. The summed E-state index contributed by atoms with van der Waals surface area (Å²) in [5.74, 6) is -0.662. The summed E-state index contributed by atoms with van der Waals surface area (Å²) >= 11 is 0. The van der Waals surface area contributed by atoms with Gasteiger partial charge < -0.3 is 0 Å². The van der Waals surface area contributed by atoms with E-state index in [1.165, 1.54) is 14.0 Å². The Hall–Kier alpha value is -1.55. The van der Waals surface area contributed by atoms with Crippen LogP contribution < -0.4 is 0 Å². The van der Waals surface area contributed by atoms with E-state index in [4.69, 9.17) is 5.53 Å². The summed E-state index contributed by atoms with van der Waals surface area (Å²) in [6.07, 6.45) is 0.0557. The van der Waals surface area contributed by atoms with Crippen LogP contribution in [0.25, 0.3) is 10.4 Å². The quantitative estimate of drug-likeness (QED) is 0.373. The fraction of sp³-hybridized carbons (Fsp3) is 0.714. The molecule has 0 heterocycles. The molecule has 0 aromatic rings. The summed E-state index contributed by atoms with van der Waals surface area (Å²) in [7, 11) is 1.40. The molecular formula is C7H12N4O2. The van der Waals surface area contributed by atoms with Gasteiger partial charge in [0.2, 0.25) is 11.8 Å². The van der Waals surface area contributed by atoms with Gasteiger partial charge in [0.25, 0.3) is 0 Å². The third-order valence-corrected chi connectivity index (χ3v) is 1.57. The van der Waals surface area contributed by atoms with Gasteiger partial charge in [-0.2, -0.15) is 0 Å². The molecule has 0 aromatic carbocycles. The SMILES string of the molecule is CC(=O)N(C)C(=O)C[C@H](C)N=[N+]=[N-]. The average Bonchev–Trinajstić information content (AvgIpc) is 2.03. The van der Waals surface area contributed by atoms with Crippen LogP contribution in [0.5, 0.6) is 0 Å². The maximum Gasteiger partial charge on any atom is 0.229 e. The topological polar surface area (TPSA) is 86.1 Å². The average molecular weight is 184 g/mol. The lowest BCUT2D eigenvalue weighted by Crippen LogP contribution is -2.32. The van der Waals surface area contributed by atoms with Gasteiger partial charge in [0.05, 0.1) is 0 Å². The third-order valence-electron chi connectivity index (χ3n) is 1.57. The molecule has 0 N–H and O–H groups in total. The number of azide groups is 1. The molecule has 0 saturated carbocycles. The van der Waals surface area contributed by atoms with Gasteiger partial charge in [0.1, 0.15) is 0 Å². The lowest BCUT2D eigenvalue weighted by molar-refractivity contribution is -0.141. The van der Waals surface area contributed by atoms with Crippen LogP contribution in [0, 0.1) is 0 Å². The number of hydrogen-bond donors (Lipinski definition) is 0. The van der Waals surface area contributed by atoms with Crippen LogP contribution in [-0.2, 0) is 9.59 Å². The van der Waals surface area contributed by atoms with Gasteiger partial charge in [-0.1, -0.05) is 12.0 Å². The van der Waals surface area contributed by atoms with E-state index in [1.807, 2.05) is 0 Å². The van der Waals surface area contributed by atoms with E-state index in [0.717, 1.165) is 4.90 Å². The van der Waals surface area contributed by atoms with Crippen molar-refractivity contribution in [1.82, 2.24) is 4.90 Å². The highest BCUT2D eigenvalue weighted by molar-refractivity contribution is 5.93. The number of amides is 2. The van der Waals surface area contributed by atoms with Crippen molar-refractivity contribution in [3.63, 3.8) is 0 Å². The lowest BCUT2D eigenvalue weighted by atomic mass is 10.2. The van der Waals surface area contributed by atoms with Crippen LogP contribution in [0.2, 0.25) is 0 Å². The fourth-order valence-corrected chi connectivity index (χ4v) is 0.694. The Bertz CT molecular complexity index is 257. The van der Waals surface area contributed by atoms with Gasteiger partial charge in [0, 0.05) is 31.3 Å². The van der Waals surface area contributed by atoms with Crippen LogP contribution in [0.15, 0.2) is 5.11 Å². The highest BCUT2D eigenvalue weighted by Gasteiger charge is 2.14. The Morgan fingerprint density at radius 2 is 2.15 bits per heavy atom. The molecule has 0 saturated heterocycles. The Balaban J connectivity index is 4.14. The van der Waals surface area contributed by atoms with Crippen LogP contribution in [0.3, 0.4) is 0 Å². The number of nitrogens with zero attached hydrogens (tertiary/aromatic N) is 4.